The van der Waals surface area contributed by atoms with Gasteiger partial charge in [0.1, 0.15) is 0 Å². The Bertz CT molecular complexity index is 808. The number of hydrogen-bond donors (Lipinski definition) is 3. The standard InChI is InChI=1S/C18H18BrN5O/c19-14-7-9-15(10-8-14)22-23-16-17(25)24-12-4-11-20-18(24,21-16)13-5-2-1-3-6-13/h1-3,5-10,20,22H,4,11-12H2,(H,21,23). The first-order chi connectivity index (χ1) is 12.2. The van der Waals surface area contributed by atoms with Gasteiger partial charge in [0.15, 0.2) is 0 Å². The van der Waals surface area contributed by atoms with Crippen LogP contribution in [0.15, 0.2) is 64.1 Å². The molecule has 0 saturated carbocycles. The van der Waals surface area contributed by atoms with Crippen LogP contribution < -0.4 is 16.2 Å². The molecule has 0 radical (unpaired) electrons. The summed E-state index contributed by atoms with van der Waals surface area (Å²) in [5.41, 5.74) is 7.83. The van der Waals surface area contributed by atoms with E-state index >= 15 is 0 Å². The maximum Gasteiger partial charge on any atom is 0.294 e. The Kier molecular flexibility index (Phi) is 4.19. The molecule has 25 heavy (non-hydrogen) atoms. The zero-order valence-corrected chi connectivity index (χ0v) is 15.1. The summed E-state index contributed by atoms with van der Waals surface area (Å²) in [6.07, 6.45) is 0.906. The third kappa shape index (κ3) is 2.89. The van der Waals surface area contributed by atoms with E-state index in [4.69, 9.17) is 4.99 Å². The van der Waals surface area contributed by atoms with E-state index in [1.54, 1.807) is 4.90 Å². The zero-order valence-electron chi connectivity index (χ0n) is 13.5. The van der Waals surface area contributed by atoms with Crippen molar-refractivity contribution in [2.45, 2.75) is 12.2 Å². The second-order valence-electron chi connectivity index (χ2n) is 5.99. The van der Waals surface area contributed by atoms with E-state index in [9.17, 15) is 4.79 Å². The van der Waals surface area contributed by atoms with E-state index in [0.717, 1.165) is 28.7 Å². The molecule has 1 fully saturated rings. The highest BCUT2D eigenvalue weighted by Gasteiger charge is 2.49. The molecule has 1 amide bonds. The van der Waals surface area contributed by atoms with Crippen LogP contribution in [0.25, 0.3) is 0 Å². The molecule has 2 aromatic carbocycles. The molecule has 2 aliphatic heterocycles. The normalized spacial score (nSPS) is 22.4. The summed E-state index contributed by atoms with van der Waals surface area (Å²) >= 11 is 3.41. The predicted octanol–water partition coefficient (Wildman–Crippen LogP) is 2.41. The third-order valence-corrected chi connectivity index (χ3v) is 4.92. The summed E-state index contributed by atoms with van der Waals surface area (Å²) in [5, 5.41) is 3.42. The van der Waals surface area contributed by atoms with Crippen molar-refractivity contribution in [1.82, 2.24) is 15.6 Å². The first-order valence-electron chi connectivity index (χ1n) is 8.19. The molecule has 0 aromatic heterocycles. The van der Waals surface area contributed by atoms with Crippen molar-refractivity contribution in [3.8, 4) is 0 Å². The number of amides is 1. The number of carbonyl (C=O) groups excluding carboxylic acids is 1. The van der Waals surface area contributed by atoms with E-state index in [1.807, 2.05) is 54.6 Å². The van der Waals surface area contributed by atoms with Gasteiger partial charge in [-0.2, -0.15) is 0 Å². The summed E-state index contributed by atoms with van der Waals surface area (Å²) < 4.78 is 0.997. The Hall–Kier alpha value is -2.38. The van der Waals surface area contributed by atoms with Crippen LogP contribution in [0.4, 0.5) is 5.69 Å². The van der Waals surface area contributed by atoms with Crippen molar-refractivity contribution in [3.63, 3.8) is 0 Å². The monoisotopic (exact) mass is 399 g/mol. The minimum Gasteiger partial charge on any atom is -0.299 e. The molecule has 128 valence electrons. The topological polar surface area (TPSA) is 68.8 Å². The summed E-state index contributed by atoms with van der Waals surface area (Å²) in [4.78, 5) is 19.4. The van der Waals surface area contributed by atoms with Crippen LogP contribution in [-0.4, -0.2) is 29.7 Å². The van der Waals surface area contributed by atoms with Crippen LogP contribution in [0.3, 0.4) is 0 Å². The Morgan fingerprint density at radius 2 is 1.84 bits per heavy atom. The molecule has 0 bridgehead atoms. The van der Waals surface area contributed by atoms with Gasteiger partial charge in [0.2, 0.25) is 11.6 Å². The Morgan fingerprint density at radius 3 is 2.60 bits per heavy atom. The number of benzene rings is 2. The van der Waals surface area contributed by atoms with E-state index in [2.05, 4.69) is 32.1 Å². The fourth-order valence-electron chi connectivity index (χ4n) is 3.18. The number of carbonyl (C=O) groups is 1. The molecule has 1 unspecified atom stereocenters. The van der Waals surface area contributed by atoms with Crippen molar-refractivity contribution in [2.24, 2.45) is 4.99 Å². The second kappa shape index (κ2) is 6.50. The number of aliphatic imine (C=N–C) groups is 1. The highest BCUT2D eigenvalue weighted by Crippen LogP contribution is 2.34. The zero-order chi connectivity index (χ0) is 17.3. The first-order valence-corrected chi connectivity index (χ1v) is 8.98. The van der Waals surface area contributed by atoms with E-state index in [-0.39, 0.29) is 5.91 Å². The Balaban J connectivity index is 1.61. The number of rotatable bonds is 3. The molecule has 3 N–H and O–H groups in total. The van der Waals surface area contributed by atoms with Gasteiger partial charge in [-0.3, -0.25) is 25.9 Å². The number of anilines is 1. The quantitative estimate of drug-likeness (QED) is 0.693. The van der Waals surface area contributed by atoms with Crippen LogP contribution in [0.2, 0.25) is 0 Å². The van der Waals surface area contributed by atoms with Gasteiger partial charge in [-0.15, -0.1) is 0 Å². The largest absolute Gasteiger partial charge is 0.299 e. The second-order valence-corrected chi connectivity index (χ2v) is 6.91. The van der Waals surface area contributed by atoms with Gasteiger partial charge in [-0.25, -0.2) is 4.99 Å². The van der Waals surface area contributed by atoms with Crippen molar-refractivity contribution in [2.75, 3.05) is 18.5 Å². The molecule has 4 rings (SSSR count). The van der Waals surface area contributed by atoms with Gasteiger partial charge in [0.25, 0.3) is 5.91 Å². The van der Waals surface area contributed by atoms with Gasteiger partial charge in [0, 0.05) is 23.1 Å². The van der Waals surface area contributed by atoms with Crippen molar-refractivity contribution >= 4 is 33.4 Å². The summed E-state index contributed by atoms with van der Waals surface area (Å²) in [6, 6.07) is 17.6. The van der Waals surface area contributed by atoms with Gasteiger partial charge in [-0.1, -0.05) is 46.3 Å². The van der Waals surface area contributed by atoms with Crippen LogP contribution in [-0.2, 0) is 10.6 Å². The van der Waals surface area contributed by atoms with Gasteiger partial charge in [-0.05, 0) is 30.7 Å². The number of nitrogens with zero attached hydrogens (tertiary/aromatic N) is 2. The van der Waals surface area contributed by atoms with E-state index < -0.39 is 5.79 Å². The molecule has 7 heteroatoms. The van der Waals surface area contributed by atoms with E-state index in [0.29, 0.717) is 12.4 Å². The highest BCUT2D eigenvalue weighted by molar-refractivity contribution is 9.10. The summed E-state index contributed by atoms with van der Waals surface area (Å²) in [5.74, 6) is -0.623. The van der Waals surface area contributed by atoms with E-state index in [1.165, 1.54) is 0 Å². The number of fused-ring (bicyclic) bond motifs is 1. The summed E-state index contributed by atoms with van der Waals surface area (Å²) in [7, 11) is 0. The lowest BCUT2D eigenvalue weighted by atomic mass is 10.0. The minimum absolute atomic E-state index is 0.110. The first kappa shape index (κ1) is 16.1. The lowest BCUT2D eigenvalue weighted by Gasteiger charge is -2.40. The number of halogens is 1. The molecule has 0 spiro atoms. The predicted molar refractivity (Wildman–Crippen MR) is 101 cm³/mol. The molecule has 0 aliphatic carbocycles. The molecular weight excluding hydrogens is 382 g/mol. The molecule has 2 aromatic rings. The average molecular weight is 400 g/mol. The molecule has 1 atom stereocenters. The summed E-state index contributed by atoms with van der Waals surface area (Å²) in [6.45, 7) is 1.49. The molecule has 1 saturated heterocycles. The third-order valence-electron chi connectivity index (χ3n) is 4.39. The van der Waals surface area contributed by atoms with Gasteiger partial charge < -0.3 is 0 Å². The van der Waals surface area contributed by atoms with Gasteiger partial charge >= 0.3 is 0 Å². The van der Waals surface area contributed by atoms with Crippen molar-refractivity contribution in [1.29, 1.82) is 0 Å². The smallest absolute Gasteiger partial charge is 0.294 e. The van der Waals surface area contributed by atoms with Crippen LogP contribution in [0.1, 0.15) is 12.0 Å². The Labute approximate surface area is 154 Å². The number of nitrogens with one attached hydrogen (secondary N) is 3. The number of hydrogen-bond acceptors (Lipinski definition) is 5. The fourth-order valence-corrected chi connectivity index (χ4v) is 3.45. The van der Waals surface area contributed by atoms with Crippen molar-refractivity contribution in [3.05, 3.63) is 64.6 Å². The molecule has 2 aliphatic rings. The van der Waals surface area contributed by atoms with Crippen LogP contribution in [0, 0.1) is 0 Å². The fraction of sp³-hybridized carbons (Fsp3) is 0.222. The van der Waals surface area contributed by atoms with Crippen molar-refractivity contribution < 1.29 is 4.79 Å². The Morgan fingerprint density at radius 1 is 1.08 bits per heavy atom. The van der Waals surface area contributed by atoms with Crippen LogP contribution in [0.5, 0.6) is 0 Å². The average Bonchev–Trinajstić information content (AvgIpc) is 2.96. The molecule has 6 nitrogen and oxygen atoms in total. The molecular formula is C18H18BrN5O. The maximum atomic E-state index is 12.8. The molecule has 2 heterocycles. The lowest BCUT2D eigenvalue weighted by Crippen LogP contribution is -2.58. The SMILES string of the molecule is O=C1C(NNc2ccc(Br)cc2)=NC2(c3ccccc3)NCCCN12. The number of hydrazine groups is 1. The highest BCUT2D eigenvalue weighted by atomic mass is 79.9. The minimum atomic E-state index is -0.819. The lowest BCUT2D eigenvalue weighted by molar-refractivity contribution is -0.131. The number of amidine groups is 1. The van der Waals surface area contributed by atoms with Gasteiger partial charge in [0.05, 0.1) is 5.69 Å². The van der Waals surface area contributed by atoms with Crippen LogP contribution >= 0.6 is 15.9 Å². The maximum absolute atomic E-state index is 12.8.